The summed E-state index contributed by atoms with van der Waals surface area (Å²) < 4.78 is 18.5. The first-order valence-corrected chi connectivity index (χ1v) is 12.4. The van der Waals surface area contributed by atoms with Crippen LogP contribution in [0.25, 0.3) is 21.6 Å². The van der Waals surface area contributed by atoms with Crippen molar-refractivity contribution in [2.75, 3.05) is 27.2 Å². The van der Waals surface area contributed by atoms with E-state index in [9.17, 15) is 0 Å². The van der Waals surface area contributed by atoms with Gasteiger partial charge in [0, 0.05) is 33.1 Å². The van der Waals surface area contributed by atoms with E-state index in [1.165, 1.54) is 15.3 Å². The van der Waals surface area contributed by atoms with Crippen LogP contribution in [0.15, 0.2) is 78.9 Å². The first-order chi connectivity index (χ1) is 16.7. The van der Waals surface area contributed by atoms with Gasteiger partial charge in [0.1, 0.15) is 23.9 Å². The fraction of sp³-hybridized carbons (Fsp3) is 0.241. The summed E-state index contributed by atoms with van der Waals surface area (Å²) in [6, 6.07) is 26.8. The van der Waals surface area contributed by atoms with Crippen molar-refractivity contribution in [1.82, 2.24) is 4.90 Å². The normalized spacial score (nSPS) is 11.9. The van der Waals surface area contributed by atoms with E-state index in [0.29, 0.717) is 13.2 Å². The van der Waals surface area contributed by atoms with Crippen LogP contribution in [0.4, 0.5) is 0 Å². The summed E-state index contributed by atoms with van der Waals surface area (Å²) in [4.78, 5) is 4.59. The Morgan fingerprint density at radius 3 is 2.44 bits per heavy atom. The minimum Gasteiger partial charge on any atom is -0.489 e. The van der Waals surface area contributed by atoms with Gasteiger partial charge in [-0.3, -0.25) is 0 Å². The molecule has 0 amide bonds. The predicted molar refractivity (Wildman–Crippen MR) is 139 cm³/mol. The third kappa shape index (κ3) is 5.17. The maximum Gasteiger partial charge on any atom is 0.136 e. The average Bonchev–Trinajstić information content (AvgIpc) is 3.22. The highest BCUT2D eigenvalue weighted by molar-refractivity contribution is 7.16. The molecular weight excluding hydrogens is 442 g/mol. The minimum atomic E-state index is 0.532. The topological polar surface area (TPSA) is 30.9 Å². The van der Waals surface area contributed by atoms with Crippen LogP contribution in [0.1, 0.15) is 16.9 Å². The molecule has 4 nitrogen and oxygen atoms in total. The molecule has 1 aliphatic heterocycles. The van der Waals surface area contributed by atoms with Gasteiger partial charge in [0.15, 0.2) is 0 Å². The molecule has 0 radical (unpaired) electrons. The Morgan fingerprint density at radius 2 is 1.59 bits per heavy atom. The van der Waals surface area contributed by atoms with Crippen LogP contribution in [0, 0.1) is 0 Å². The largest absolute Gasteiger partial charge is 0.489 e. The van der Waals surface area contributed by atoms with Crippen LogP contribution in [0.5, 0.6) is 17.2 Å². The molecule has 2 heterocycles. The van der Waals surface area contributed by atoms with E-state index < -0.39 is 0 Å². The molecule has 0 saturated carbocycles. The number of hydrogen-bond acceptors (Lipinski definition) is 5. The van der Waals surface area contributed by atoms with Gasteiger partial charge in [-0.25, -0.2) is 0 Å². The molecule has 0 atom stereocenters. The highest BCUT2D eigenvalue weighted by atomic mass is 32.1. The van der Waals surface area contributed by atoms with Gasteiger partial charge in [-0.2, -0.15) is 0 Å². The lowest BCUT2D eigenvalue weighted by atomic mass is 10.0. The van der Waals surface area contributed by atoms with Gasteiger partial charge < -0.3 is 19.1 Å². The van der Waals surface area contributed by atoms with Crippen molar-refractivity contribution in [2.24, 2.45) is 0 Å². The number of para-hydroxylation sites is 1. The Kier molecular flexibility index (Phi) is 6.95. The molecule has 1 aliphatic rings. The molecule has 0 spiro atoms. The number of nitrogens with zero attached hydrogens (tertiary/aromatic N) is 1. The van der Waals surface area contributed by atoms with E-state index in [-0.39, 0.29) is 0 Å². The van der Waals surface area contributed by atoms with Crippen LogP contribution in [-0.2, 0) is 18.0 Å². The van der Waals surface area contributed by atoms with E-state index in [1.54, 1.807) is 11.3 Å². The Balaban J connectivity index is 1.42. The zero-order valence-corrected chi connectivity index (χ0v) is 20.4. The fourth-order valence-corrected chi connectivity index (χ4v) is 5.20. The lowest BCUT2D eigenvalue weighted by molar-refractivity contribution is 0.115. The lowest BCUT2D eigenvalue weighted by Crippen LogP contribution is -2.14. The van der Waals surface area contributed by atoms with Crippen LogP contribution in [0.3, 0.4) is 0 Å². The highest BCUT2D eigenvalue weighted by Gasteiger charge is 2.24. The average molecular weight is 472 g/mol. The van der Waals surface area contributed by atoms with Gasteiger partial charge in [-0.1, -0.05) is 48.5 Å². The van der Waals surface area contributed by atoms with Crippen LogP contribution in [-0.4, -0.2) is 32.1 Å². The summed E-state index contributed by atoms with van der Waals surface area (Å²) in [6.45, 7) is 2.94. The molecule has 34 heavy (non-hydrogen) atoms. The van der Waals surface area contributed by atoms with Crippen molar-refractivity contribution in [3.63, 3.8) is 0 Å². The number of hydrogen-bond donors (Lipinski definition) is 0. The molecular formula is C29H29NO3S. The molecule has 1 aromatic heterocycles. The molecule has 3 aromatic carbocycles. The second-order valence-electron chi connectivity index (χ2n) is 8.70. The van der Waals surface area contributed by atoms with Gasteiger partial charge in [0.2, 0.25) is 0 Å². The van der Waals surface area contributed by atoms with Gasteiger partial charge >= 0.3 is 0 Å². The number of rotatable bonds is 9. The zero-order valence-electron chi connectivity index (χ0n) is 19.6. The summed E-state index contributed by atoms with van der Waals surface area (Å²) >= 11 is 1.77. The number of thiophene rings is 1. The van der Waals surface area contributed by atoms with Gasteiger partial charge in [-0.15, -0.1) is 11.3 Å². The molecule has 0 N–H and O–H groups in total. The third-order valence-corrected chi connectivity index (χ3v) is 6.90. The number of fused-ring (bicyclic) bond motifs is 5. The molecule has 5 heteroatoms. The molecule has 0 saturated heterocycles. The SMILES string of the molecule is CN(C)CCCOCc1cc2c(s1)-c1cc(OCc3ccccc3)ccc1Oc1ccccc1-2. The van der Waals surface area contributed by atoms with Crippen molar-refractivity contribution in [2.45, 2.75) is 19.6 Å². The first-order valence-electron chi connectivity index (χ1n) is 11.6. The monoisotopic (exact) mass is 471 g/mol. The van der Waals surface area contributed by atoms with E-state index in [4.69, 9.17) is 14.2 Å². The smallest absolute Gasteiger partial charge is 0.136 e. The maximum atomic E-state index is 6.35. The summed E-state index contributed by atoms with van der Waals surface area (Å²) in [7, 11) is 4.18. The molecule has 0 bridgehead atoms. The summed E-state index contributed by atoms with van der Waals surface area (Å²) in [6.07, 6.45) is 1.03. The Labute approximate surface area is 205 Å². The summed E-state index contributed by atoms with van der Waals surface area (Å²) in [5.41, 5.74) is 4.49. The summed E-state index contributed by atoms with van der Waals surface area (Å²) in [5, 5.41) is 0. The second-order valence-corrected chi connectivity index (χ2v) is 9.83. The van der Waals surface area contributed by atoms with Gasteiger partial charge in [-0.05, 0) is 63.0 Å². The fourth-order valence-electron chi connectivity index (χ4n) is 4.07. The van der Waals surface area contributed by atoms with Crippen LogP contribution in [0.2, 0.25) is 0 Å². The molecule has 0 unspecified atom stereocenters. The summed E-state index contributed by atoms with van der Waals surface area (Å²) in [5.74, 6) is 2.55. The van der Waals surface area contributed by atoms with E-state index >= 15 is 0 Å². The van der Waals surface area contributed by atoms with Crippen LogP contribution < -0.4 is 9.47 Å². The van der Waals surface area contributed by atoms with Gasteiger partial charge in [0.25, 0.3) is 0 Å². The standard InChI is InChI=1S/C29H29NO3S/c1-30(2)15-8-16-31-20-23-18-25-24-11-6-7-12-27(24)33-28-14-13-22(17-26(28)29(25)34-23)32-19-21-9-4-3-5-10-21/h3-7,9-14,17-18H,8,15-16,19-20H2,1-2H3. The van der Waals surface area contributed by atoms with Crippen molar-refractivity contribution in [3.05, 3.63) is 89.3 Å². The molecule has 4 aromatic rings. The van der Waals surface area contributed by atoms with Crippen LogP contribution >= 0.6 is 11.3 Å². The molecule has 5 rings (SSSR count). The Morgan fingerprint density at radius 1 is 0.794 bits per heavy atom. The Bertz CT molecular complexity index is 1250. The predicted octanol–water partition coefficient (Wildman–Crippen LogP) is 7.24. The number of benzene rings is 3. The number of ether oxygens (including phenoxy) is 3. The van der Waals surface area contributed by atoms with E-state index in [2.05, 4.69) is 55.4 Å². The van der Waals surface area contributed by atoms with Crippen molar-refractivity contribution in [1.29, 1.82) is 0 Å². The first kappa shape index (κ1) is 22.7. The lowest BCUT2D eigenvalue weighted by Gasteiger charge is -2.12. The molecule has 0 fully saturated rings. The molecule has 174 valence electrons. The Hall–Kier alpha value is -3.12. The van der Waals surface area contributed by atoms with E-state index in [1.807, 2.05) is 42.5 Å². The van der Waals surface area contributed by atoms with Crippen molar-refractivity contribution >= 4 is 11.3 Å². The third-order valence-electron chi connectivity index (χ3n) is 5.76. The second kappa shape index (κ2) is 10.4. The molecule has 0 aliphatic carbocycles. The quantitative estimate of drug-likeness (QED) is 0.212. The van der Waals surface area contributed by atoms with E-state index in [0.717, 1.165) is 53.5 Å². The van der Waals surface area contributed by atoms with Gasteiger partial charge in [0.05, 0.1) is 6.61 Å². The minimum absolute atomic E-state index is 0.532. The zero-order chi connectivity index (χ0) is 23.3. The van der Waals surface area contributed by atoms with Crippen molar-refractivity contribution < 1.29 is 14.2 Å². The maximum absolute atomic E-state index is 6.35. The highest BCUT2D eigenvalue weighted by Crippen LogP contribution is 2.51. The van der Waals surface area contributed by atoms with Crippen molar-refractivity contribution in [3.8, 4) is 38.8 Å².